The van der Waals surface area contributed by atoms with Gasteiger partial charge in [0.05, 0.1) is 5.69 Å². The molecule has 0 amide bonds. The molecule has 0 aliphatic heterocycles. The predicted octanol–water partition coefficient (Wildman–Crippen LogP) is 0.937. The van der Waals surface area contributed by atoms with E-state index in [1.165, 1.54) is 6.33 Å². The molecule has 0 bridgehead atoms. The van der Waals surface area contributed by atoms with E-state index in [1.54, 1.807) is 0 Å². The van der Waals surface area contributed by atoms with Gasteiger partial charge >= 0.3 is 0 Å². The summed E-state index contributed by atoms with van der Waals surface area (Å²) in [7, 11) is 0. The third kappa shape index (κ3) is 2.63. The van der Waals surface area contributed by atoms with Crippen molar-refractivity contribution in [1.82, 2.24) is 9.97 Å². The molecule has 0 aromatic carbocycles. The van der Waals surface area contributed by atoms with Crippen molar-refractivity contribution in [2.45, 2.75) is 26.3 Å². The lowest BCUT2D eigenvalue weighted by Crippen LogP contribution is -2.26. The molecule has 3 N–H and O–H groups in total. The number of nitrogens with zero attached hydrogens (tertiary/aromatic N) is 2. The van der Waals surface area contributed by atoms with E-state index in [0.29, 0.717) is 18.7 Å². The number of anilines is 1. The lowest BCUT2D eigenvalue weighted by atomic mass is 10.3. The van der Waals surface area contributed by atoms with E-state index < -0.39 is 0 Å². The molecule has 0 fully saturated rings. The minimum Gasteiger partial charge on any atom is -0.366 e. The highest BCUT2D eigenvalue weighted by molar-refractivity contribution is 5.37. The molecular formula is C9H15FN4. The summed E-state index contributed by atoms with van der Waals surface area (Å²) in [5.74, 6) is -0.148. The van der Waals surface area contributed by atoms with Gasteiger partial charge in [-0.15, -0.1) is 0 Å². The third-order valence-electron chi connectivity index (χ3n) is 1.79. The summed E-state index contributed by atoms with van der Waals surface area (Å²) in [6, 6.07) is -0.0329. The van der Waals surface area contributed by atoms with Crippen LogP contribution in [0.4, 0.5) is 10.2 Å². The van der Waals surface area contributed by atoms with Crippen molar-refractivity contribution in [1.29, 1.82) is 0 Å². The van der Waals surface area contributed by atoms with Crippen LogP contribution in [0.5, 0.6) is 0 Å². The Kier molecular flexibility index (Phi) is 3.76. The fraction of sp³-hybridized carbons (Fsp3) is 0.556. The van der Waals surface area contributed by atoms with Crippen LogP contribution in [0.15, 0.2) is 6.33 Å². The molecule has 0 saturated carbocycles. The molecule has 1 rings (SSSR count). The van der Waals surface area contributed by atoms with Gasteiger partial charge < -0.3 is 11.1 Å². The summed E-state index contributed by atoms with van der Waals surface area (Å²) in [5, 5.41) is 2.84. The summed E-state index contributed by atoms with van der Waals surface area (Å²) in [4.78, 5) is 7.63. The molecule has 14 heavy (non-hydrogen) atoms. The standard InChI is InChI=1S/C9H15FN4/c1-3-7-8(10)9(14-5-13-7)12-4-6(2)11/h5-6H,3-4,11H2,1-2H3,(H,12,13,14). The first-order valence-corrected chi connectivity index (χ1v) is 4.64. The normalized spacial score (nSPS) is 12.6. The average molecular weight is 198 g/mol. The summed E-state index contributed by atoms with van der Waals surface area (Å²) >= 11 is 0. The van der Waals surface area contributed by atoms with Crippen LogP contribution in [0.3, 0.4) is 0 Å². The van der Waals surface area contributed by atoms with E-state index in [-0.39, 0.29) is 17.7 Å². The predicted molar refractivity (Wildman–Crippen MR) is 53.5 cm³/mol. The highest BCUT2D eigenvalue weighted by atomic mass is 19.1. The Morgan fingerprint density at radius 1 is 1.57 bits per heavy atom. The molecule has 0 aliphatic carbocycles. The first kappa shape index (κ1) is 10.8. The zero-order valence-corrected chi connectivity index (χ0v) is 8.42. The van der Waals surface area contributed by atoms with Crippen LogP contribution >= 0.6 is 0 Å². The molecule has 1 atom stereocenters. The second kappa shape index (κ2) is 4.85. The fourth-order valence-corrected chi connectivity index (χ4v) is 1.03. The molecule has 1 aromatic rings. The molecule has 0 saturated heterocycles. The number of aromatic nitrogens is 2. The summed E-state index contributed by atoms with van der Waals surface area (Å²) < 4.78 is 13.5. The van der Waals surface area contributed by atoms with Gasteiger partial charge in [0.1, 0.15) is 6.33 Å². The number of nitrogens with two attached hydrogens (primary N) is 1. The number of hydrogen-bond acceptors (Lipinski definition) is 4. The van der Waals surface area contributed by atoms with Gasteiger partial charge in [0.15, 0.2) is 11.6 Å². The Bertz CT molecular complexity index is 301. The Labute approximate surface area is 82.8 Å². The molecular weight excluding hydrogens is 183 g/mol. The van der Waals surface area contributed by atoms with Gasteiger partial charge in [0.25, 0.3) is 0 Å². The number of aryl methyl sites for hydroxylation is 1. The van der Waals surface area contributed by atoms with Crippen LogP contribution in [0.1, 0.15) is 19.5 Å². The van der Waals surface area contributed by atoms with E-state index in [4.69, 9.17) is 5.73 Å². The monoisotopic (exact) mass is 198 g/mol. The van der Waals surface area contributed by atoms with Crippen LogP contribution in [0.2, 0.25) is 0 Å². The molecule has 78 valence electrons. The minimum atomic E-state index is -0.379. The topological polar surface area (TPSA) is 63.8 Å². The Morgan fingerprint density at radius 3 is 2.86 bits per heavy atom. The number of halogens is 1. The summed E-state index contributed by atoms with van der Waals surface area (Å²) in [6.07, 6.45) is 1.91. The quantitative estimate of drug-likeness (QED) is 0.755. The van der Waals surface area contributed by atoms with Crippen molar-refractivity contribution >= 4 is 5.82 Å². The summed E-state index contributed by atoms with van der Waals surface area (Å²) in [5.41, 5.74) is 5.96. The molecule has 1 unspecified atom stereocenters. The lowest BCUT2D eigenvalue weighted by molar-refractivity contribution is 0.595. The highest BCUT2D eigenvalue weighted by Crippen LogP contribution is 2.12. The van der Waals surface area contributed by atoms with E-state index >= 15 is 0 Å². The second-order valence-corrected chi connectivity index (χ2v) is 3.19. The van der Waals surface area contributed by atoms with Gasteiger partial charge in [0, 0.05) is 12.6 Å². The van der Waals surface area contributed by atoms with Crippen molar-refractivity contribution in [2.24, 2.45) is 5.73 Å². The first-order valence-electron chi connectivity index (χ1n) is 4.64. The number of nitrogens with one attached hydrogen (secondary N) is 1. The maximum atomic E-state index is 13.5. The van der Waals surface area contributed by atoms with Crippen molar-refractivity contribution in [3.63, 3.8) is 0 Å². The van der Waals surface area contributed by atoms with Gasteiger partial charge in [-0.3, -0.25) is 0 Å². The van der Waals surface area contributed by atoms with Gasteiger partial charge in [-0.1, -0.05) is 6.92 Å². The van der Waals surface area contributed by atoms with E-state index in [2.05, 4.69) is 15.3 Å². The lowest BCUT2D eigenvalue weighted by Gasteiger charge is -2.09. The molecule has 0 radical (unpaired) electrons. The van der Waals surface area contributed by atoms with Crippen LogP contribution in [0, 0.1) is 5.82 Å². The smallest absolute Gasteiger partial charge is 0.186 e. The van der Waals surface area contributed by atoms with Crippen LogP contribution < -0.4 is 11.1 Å². The average Bonchev–Trinajstić information content (AvgIpc) is 2.16. The van der Waals surface area contributed by atoms with Crippen molar-refractivity contribution in [3.8, 4) is 0 Å². The van der Waals surface area contributed by atoms with E-state index in [1.807, 2.05) is 13.8 Å². The maximum absolute atomic E-state index is 13.5. The van der Waals surface area contributed by atoms with Gasteiger partial charge in [-0.05, 0) is 13.3 Å². The van der Waals surface area contributed by atoms with E-state index in [9.17, 15) is 4.39 Å². The Hall–Kier alpha value is -1.23. The van der Waals surface area contributed by atoms with Gasteiger partial charge in [-0.25, -0.2) is 14.4 Å². The Morgan fingerprint density at radius 2 is 2.29 bits per heavy atom. The number of hydrogen-bond donors (Lipinski definition) is 2. The molecule has 0 aliphatic rings. The highest BCUT2D eigenvalue weighted by Gasteiger charge is 2.08. The SMILES string of the molecule is CCc1ncnc(NCC(C)N)c1F. The van der Waals surface area contributed by atoms with Crippen LogP contribution in [0.25, 0.3) is 0 Å². The summed E-state index contributed by atoms with van der Waals surface area (Å²) in [6.45, 7) is 4.19. The van der Waals surface area contributed by atoms with Crippen LogP contribution in [-0.2, 0) is 6.42 Å². The first-order chi connectivity index (χ1) is 6.65. The Balaban J connectivity index is 2.76. The largest absolute Gasteiger partial charge is 0.366 e. The van der Waals surface area contributed by atoms with Crippen molar-refractivity contribution in [3.05, 3.63) is 17.8 Å². The molecule has 4 nitrogen and oxygen atoms in total. The van der Waals surface area contributed by atoms with E-state index in [0.717, 1.165) is 0 Å². The molecule has 5 heteroatoms. The van der Waals surface area contributed by atoms with Gasteiger partial charge in [0.2, 0.25) is 0 Å². The molecule has 1 aromatic heterocycles. The zero-order valence-electron chi connectivity index (χ0n) is 8.42. The third-order valence-corrected chi connectivity index (χ3v) is 1.79. The zero-order chi connectivity index (χ0) is 10.6. The van der Waals surface area contributed by atoms with Gasteiger partial charge in [-0.2, -0.15) is 0 Å². The van der Waals surface area contributed by atoms with Crippen molar-refractivity contribution < 1.29 is 4.39 Å². The number of rotatable bonds is 4. The van der Waals surface area contributed by atoms with Crippen LogP contribution in [-0.4, -0.2) is 22.6 Å². The second-order valence-electron chi connectivity index (χ2n) is 3.19. The minimum absolute atomic E-state index is 0.0329. The maximum Gasteiger partial charge on any atom is 0.186 e. The molecule has 1 heterocycles. The molecule has 0 spiro atoms. The fourth-order valence-electron chi connectivity index (χ4n) is 1.03. The van der Waals surface area contributed by atoms with Crippen molar-refractivity contribution in [2.75, 3.05) is 11.9 Å².